The van der Waals surface area contributed by atoms with E-state index in [9.17, 15) is 0 Å². The van der Waals surface area contributed by atoms with Gasteiger partial charge in [0.25, 0.3) is 0 Å². The molecule has 50 heavy (non-hydrogen) atoms. The second-order valence-electron chi connectivity index (χ2n) is 14.9. The van der Waals surface area contributed by atoms with Crippen LogP contribution in [0.2, 0.25) is 17.3 Å². The second kappa shape index (κ2) is 15.2. The minimum Gasteiger partial charge on any atom is 0 e. The summed E-state index contributed by atoms with van der Waals surface area (Å²) in [7, 11) is 0. The van der Waals surface area contributed by atoms with E-state index in [1.165, 1.54) is 41.2 Å². The molecule has 0 aliphatic heterocycles. The molecule has 1 aliphatic rings. The maximum atomic E-state index is 6.27. The van der Waals surface area contributed by atoms with Crippen molar-refractivity contribution in [3.8, 4) is 33.6 Å². The van der Waals surface area contributed by atoms with E-state index in [0.717, 1.165) is 55.9 Å². The molecule has 3 heterocycles. The number of hydrogen-bond acceptors (Lipinski definition) is 3. The van der Waals surface area contributed by atoms with Gasteiger partial charge >= 0.3 is 99.8 Å². The first-order valence-corrected chi connectivity index (χ1v) is 24.9. The summed E-state index contributed by atoms with van der Waals surface area (Å²) in [6, 6.07) is 44.5. The van der Waals surface area contributed by atoms with Gasteiger partial charge in [0.15, 0.2) is 0 Å². The number of hydrogen-bond donors (Lipinski definition) is 0. The van der Waals surface area contributed by atoms with E-state index in [1.54, 1.807) is 0 Å². The Balaban J connectivity index is 0.000000215. The fourth-order valence-electron chi connectivity index (χ4n) is 7.17. The molecule has 255 valence electrons. The first kappa shape index (κ1) is 36.0. The summed E-state index contributed by atoms with van der Waals surface area (Å²) >= 11 is -1.72. The van der Waals surface area contributed by atoms with Crippen LogP contribution in [0.15, 0.2) is 126 Å². The minimum absolute atomic E-state index is 0. The molecule has 0 amide bonds. The van der Waals surface area contributed by atoms with Crippen LogP contribution in [-0.4, -0.2) is 23.2 Å². The molecule has 7 aromatic rings. The van der Waals surface area contributed by atoms with Crippen LogP contribution in [-0.2, 0) is 25.5 Å². The zero-order valence-electron chi connectivity index (χ0n) is 29.6. The van der Waals surface area contributed by atoms with Crippen molar-refractivity contribution in [3.05, 3.63) is 139 Å². The molecule has 5 heteroatoms. The van der Waals surface area contributed by atoms with Crippen molar-refractivity contribution < 1.29 is 24.5 Å². The Hall–Kier alpha value is -3.83. The summed E-state index contributed by atoms with van der Waals surface area (Å²) in [5, 5.41) is 2.24. The van der Waals surface area contributed by atoms with Gasteiger partial charge in [0.05, 0.1) is 5.58 Å². The molecule has 1 saturated carbocycles. The van der Waals surface area contributed by atoms with Gasteiger partial charge in [-0.05, 0) is 63.9 Å². The van der Waals surface area contributed by atoms with Gasteiger partial charge in [0.2, 0.25) is 0 Å². The van der Waals surface area contributed by atoms with E-state index >= 15 is 0 Å². The molecular weight excluding hydrogens is 849 g/mol. The maximum absolute atomic E-state index is 6.27. The predicted octanol–water partition coefficient (Wildman–Crippen LogP) is 11.7. The van der Waals surface area contributed by atoms with E-state index in [-0.39, 0.29) is 25.5 Å². The largest absolute Gasteiger partial charge is 0 e. The Kier molecular flexibility index (Phi) is 10.9. The quantitative estimate of drug-likeness (QED) is 0.123. The molecule has 4 aromatic carbocycles. The fourth-order valence-corrected chi connectivity index (χ4v) is 9.34. The zero-order chi connectivity index (χ0) is 34.0. The number of aromatic nitrogens is 2. The summed E-state index contributed by atoms with van der Waals surface area (Å²) in [6.45, 7) is 4.79. The molecule has 0 N–H and O–H groups in total. The number of pyridine rings is 2. The van der Waals surface area contributed by atoms with Gasteiger partial charge in [-0.15, -0.1) is 11.6 Å². The number of nitrogens with zero attached hydrogens (tertiary/aromatic N) is 2. The molecule has 0 bridgehead atoms. The van der Waals surface area contributed by atoms with Crippen LogP contribution in [0.3, 0.4) is 0 Å². The van der Waals surface area contributed by atoms with Crippen molar-refractivity contribution in [2.24, 2.45) is 5.92 Å². The summed E-state index contributed by atoms with van der Waals surface area (Å²) in [5.74, 6) is 7.87. The SMILES string of the molecule is CC(C)(c1ccnc(-c2[c-]c3oc4ccccc4c3c(-c3ccccc3)c2)c1)C1CCCC1.[CH3][Ge]([CH3])([CH3])[c]1ccc(-c2[c-]cccc2)nc1.[Ir]. The molecule has 3 aromatic heterocycles. The second-order valence-corrected chi connectivity index (χ2v) is 25.5. The van der Waals surface area contributed by atoms with Crippen molar-refractivity contribution in [3.63, 3.8) is 0 Å². The van der Waals surface area contributed by atoms with Crippen molar-refractivity contribution >= 4 is 39.6 Å². The van der Waals surface area contributed by atoms with Crippen LogP contribution >= 0.6 is 0 Å². The topological polar surface area (TPSA) is 38.9 Å². The molecule has 3 nitrogen and oxygen atoms in total. The number of furan rings is 1. The first-order valence-electron chi connectivity index (χ1n) is 17.5. The smallest absolute Gasteiger partial charge is 0 e. The van der Waals surface area contributed by atoms with Crippen LogP contribution in [0.1, 0.15) is 45.1 Å². The first-order chi connectivity index (χ1) is 23.7. The third kappa shape index (κ3) is 7.59. The van der Waals surface area contributed by atoms with Crippen LogP contribution in [0.25, 0.3) is 55.6 Å². The Morgan fingerprint density at radius 2 is 1.50 bits per heavy atom. The van der Waals surface area contributed by atoms with Crippen LogP contribution in [0, 0.1) is 18.1 Å². The van der Waals surface area contributed by atoms with Gasteiger partial charge in [-0.25, -0.2) is 0 Å². The Labute approximate surface area is 313 Å². The third-order valence-electron chi connectivity index (χ3n) is 10.3. The van der Waals surface area contributed by atoms with Gasteiger partial charge in [0.1, 0.15) is 5.58 Å². The Morgan fingerprint density at radius 3 is 2.20 bits per heavy atom. The van der Waals surface area contributed by atoms with Crippen molar-refractivity contribution in [1.82, 2.24) is 9.97 Å². The van der Waals surface area contributed by atoms with Gasteiger partial charge in [0, 0.05) is 26.3 Å². The standard InChI is InChI=1S/C31H28NO.C14H16GeN.Ir/c1-31(2,23-12-6-7-13-23)24-16-17-32-27(20-24)22-18-26(21-10-4-3-5-11-21)30-25-14-8-9-15-28(25)33-29(30)19-22;1-15(2,3)13-9-10-14(16-11-13)12-7-5-4-6-8-12;/h3-5,8-11,14-18,20,23H,6-7,12-13H2,1-2H3;4-7,9-11H,1-3H3;/q2*-1;. The van der Waals surface area contributed by atoms with Crippen molar-refractivity contribution in [1.29, 1.82) is 0 Å². The van der Waals surface area contributed by atoms with Gasteiger partial charge < -0.3 is 9.40 Å². The number of fused-ring (bicyclic) bond motifs is 3. The number of para-hydroxylation sites is 1. The Morgan fingerprint density at radius 1 is 0.760 bits per heavy atom. The fraction of sp³-hybridized carbons (Fsp3) is 0.244. The normalized spacial score (nSPS) is 13.5. The van der Waals surface area contributed by atoms with E-state index in [1.807, 2.05) is 48.8 Å². The number of rotatable bonds is 6. The average Bonchev–Trinajstić information content (AvgIpc) is 3.82. The van der Waals surface area contributed by atoms with E-state index in [4.69, 9.17) is 9.40 Å². The molecule has 1 fully saturated rings. The van der Waals surface area contributed by atoms with Gasteiger partial charge in [-0.3, -0.25) is 0 Å². The van der Waals surface area contributed by atoms with E-state index < -0.39 is 13.3 Å². The predicted molar refractivity (Wildman–Crippen MR) is 208 cm³/mol. The zero-order valence-corrected chi connectivity index (χ0v) is 34.1. The molecule has 8 rings (SSSR count). The van der Waals surface area contributed by atoms with Gasteiger partial charge in [-0.2, -0.15) is 0 Å². The van der Waals surface area contributed by atoms with Crippen LogP contribution in [0.4, 0.5) is 0 Å². The number of benzene rings is 4. The molecule has 0 spiro atoms. The molecule has 0 atom stereocenters. The van der Waals surface area contributed by atoms with Crippen LogP contribution < -0.4 is 4.40 Å². The third-order valence-corrected chi connectivity index (χ3v) is 14.5. The van der Waals surface area contributed by atoms with Gasteiger partial charge in [-0.1, -0.05) is 92.9 Å². The van der Waals surface area contributed by atoms with Crippen LogP contribution in [0.5, 0.6) is 0 Å². The van der Waals surface area contributed by atoms with E-state index in [0.29, 0.717) is 0 Å². The molecule has 1 radical (unpaired) electrons. The van der Waals surface area contributed by atoms with Crippen molar-refractivity contribution in [2.45, 2.75) is 62.2 Å². The van der Waals surface area contributed by atoms with E-state index in [2.05, 4.69) is 121 Å². The van der Waals surface area contributed by atoms with Crippen molar-refractivity contribution in [2.75, 3.05) is 0 Å². The minimum atomic E-state index is -1.72. The monoisotopic (exact) mass is 895 g/mol. The summed E-state index contributed by atoms with van der Waals surface area (Å²) in [6.07, 6.45) is 9.34. The molecule has 0 unspecified atom stereocenters. The summed E-state index contributed by atoms with van der Waals surface area (Å²) < 4.78 is 7.72. The maximum Gasteiger partial charge on any atom is 0 e. The summed E-state index contributed by atoms with van der Waals surface area (Å²) in [4.78, 5) is 9.30. The molecule has 1 aliphatic carbocycles. The molecule has 0 saturated heterocycles. The average molecular weight is 894 g/mol. The Bertz CT molecular complexity index is 2180. The molecular formula is C45H44GeIrN2O-2. The summed E-state index contributed by atoms with van der Waals surface area (Å²) in [5.41, 5.74) is 9.52.